The molecular formula is C10H21NO4S. The Morgan fingerprint density at radius 3 is 2.06 bits per heavy atom. The fourth-order valence-corrected chi connectivity index (χ4v) is 2.99. The Morgan fingerprint density at radius 2 is 1.75 bits per heavy atom. The van der Waals surface area contributed by atoms with Crippen LogP contribution in [-0.2, 0) is 19.6 Å². The lowest BCUT2D eigenvalue weighted by Gasteiger charge is -2.20. The summed E-state index contributed by atoms with van der Waals surface area (Å²) < 4.78 is 30.2. The Labute approximate surface area is 97.6 Å². The van der Waals surface area contributed by atoms with Gasteiger partial charge in [0.05, 0.1) is 12.9 Å². The summed E-state index contributed by atoms with van der Waals surface area (Å²) in [6.07, 6.45) is 0. The first kappa shape index (κ1) is 15.4. The minimum atomic E-state index is -3.43. The van der Waals surface area contributed by atoms with Crippen LogP contribution in [0.4, 0.5) is 0 Å². The molecule has 0 aromatic heterocycles. The van der Waals surface area contributed by atoms with Gasteiger partial charge in [-0.15, -0.1) is 0 Å². The Balaban J connectivity index is 4.70. The quantitative estimate of drug-likeness (QED) is 0.707. The number of methoxy groups -OCH3 is 1. The monoisotopic (exact) mass is 251 g/mol. The lowest BCUT2D eigenvalue weighted by molar-refractivity contribution is -0.143. The first-order chi connectivity index (χ1) is 7.19. The van der Waals surface area contributed by atoms with Gasteiger partial charge in [-0.3, -0.25) is 4.79 Å². The molecule has 5 nitrogen and oxygen atoms in total. The standard InChI is InChI=1S/C10H21NO4S/c1-7(2)6-16(13,14)11-9(8(3)4)10(12)15-5/h7-9,11H,6H2,1-5H3. The molecule has 0 aliphatic rings. The van der Waals surface area contributed by atoms with Crippen LogP contribution in [-0.4, -0.2) is 33.3 Å². The van der Waals surface area contributed by atoms with Crippen molar-refractivity contribution in [2.45, 2.75) is 33.7 Å². The highest BCUT2D eigenvalue weighted by molar-refractivity contribution is 7.89. The fraction of sp³-hybridized carbons (Fsp3) is 0.900. The highest BCUT2D eigenvalue weighted by Gasteiger charge is 2.28. The number of hydrogen-bond donors (Lipinski definition) is 1. The van der Waals surface area contributed by atoms with Crippen LogP contribution in [0.3, 0.4) is 0 Å². The number of sulfonamides is 1. The first-order valence-corrected chi connectivity index (χ1v) is 6.92. The van der Waals surface area contributed by atoms with Gasteiger partial charge < -0.3 is 4.74 Å². The van der Waals surface area contributed by atoms with Crippen molar-refractivity contribution in [3.05, 3.63) is 0 Å². The second-order valence-corrected chi connectivity index (χ2v) is 6.34. The smallest absolute Gasteiger partial charge is 0.324 e. The molecule has 0 aromatic carbocycles. The zero-order valence-corrected chi connectivity index (χ0v) is 11.3. The Hall–Kier alpha value is -0.620. The van der Waals surface area contributed by atoms with Gasteiger partial charge in [0.2, 0.25) is 10.0 Å². The molecule has 0 bridgehead atoms. The highest BCUT2D eigenvalue weighted by Crippen LogP contribution is 2.07. The minimum absolute atomic E-state index is 0.00716. The molecule has 0 saturated heterocycles. The third-order valence-corrected chi connectivity index (χ3v) is 3.70. The van der Waals surface area contributed by atoms with Crippen LogP contribution in [0.1, 0.15) is 27.7 Å². The van der Waals surface area contributed by atoms with Gasteiger partial charge in [0, 0.05) is 0 Å². The molecule has 0 rings (SSSR count). The van der Waals surface area contributed by atoms with E-state index in [9.17, 15) is 13.2 Å². The SMILES string of the molecule is COC(=O)C(NS(=O)(=O)CC(C)C)C(C)C. The van der Waals surface area contributed by atoms with Gasteiger partial charge in [-0.25, -0.2) is 13.1 Å². The average molecular weight is 251 g/mol. The summed E-state index contributed by atoms with van der Waals surface area (Å²) in [5.41, 5.74) is 0. The van der Waals surface area contributed by atoms with Crippen LogP contribution in [0.5, 0.6) is 0 Å². The fourth-order valence-electron chi connectivity index (χ4n) is 1.26. The largest absolute Gasteiger partial charge is 0.468 e. The first-order valence-electron chi connectivity index (χ1n) is 5.27. The number of carbonyl (C=O) groups excluding carboxylic acids is 1. The van der Waals surface area contributed by atoms with Crippen molar-refractivity contribution < 1.29 is 17.9 Å². The second-order valence-electron chi connectivity index (χ2n) is 4.54. The van der Waals surface area contributed by atoms with Gasteiger partial charge in [0.15, 0.2) is 0 Å². The molecule has 0 aromatic rings. The van der Waals surface area contributed by atoms with Gasteiger partial charge in [0.1, 0.15) is 6.04 Å². The number of nitrogens with one attached hydrogen (secondary N) is 1. The minimum Gasteiger partial charge on any atom is -0.468 e. The predicted octanol–water partition coefficient (Wildman–Crippen LogP) is 0.759. The van der Waals surface area contributed by atoms with E-state index in [4.69, 9.17) is 0 Å². The molecule has 16 heavy (non-hydrogen) atoms. The Bertz CT molecular complexity index is 322. The van der Waals surface area contributed by atoms with Crippen LogP contribution < -0.4 is 4.72 Å². The highest BCUT2D eigenvalue weighted by atomic mass is 32.2. The topological polar surface area (TPSA) is 72.5 Å². The second kappa shape index (κ2) is 6.20. The summed E-state index contributed by atoms with van der Waals surface area (Å²) >= 11 is 0. The van der Waals surface area contributed by atoms with Gasteiger partial charge in [0.25, 0.3) is 0 Å². The maximum atomic E-state index is 11.7. The van der Waals surface area contributed by atoms with Crippen LogP contribution in [0.15, 0.2) is 0 Å². The molecule has 0 aliphatic carbocycles. The van der Waals surface area contributed by atoms with E-state index in [-0.39, 0.29) is 17.6 Å². The summed E-state index contributed by atoms with van der Waals surface area (Å²) in [6, 6.07) is -0.811. The van der Waals surface area contributed by atoms with Crippen LogP contribution in [0.25, 0.3) is 0 Å². The summed E-state index contributed by atoms with van der Waals surface area (Å²) in [7, 11) is -2.19. The summed E-state index contributed by atoms with van der Waals surface area (Å²) in [6.45, 7) is 7.14. The maximum Gasteiger partial charge on any atom is 0.324 e. The third kappa shape index (κ3) is 5.46. The molecule has 1 atom stereocenters. The third-order valence-electron chi connectivity index (χ3n) is 1.98. The molecule has 0 spiro atoms. The number of hydrogen-bond acceptors (Lipinski definition) is 4. The van der Waals surface area contributed by atoms with Gasteiger partial charge in [-0.05, 0) is 11.8 Å². The van der Waals surface area contributed by atoms with E-state index in [0.29, 0.717) is 0 Å². The summed E-state index contributed by atoms with van der Waals surface area (Å²) in [5.74, 6) is -0.674. The van der Waals surface area contributed by atoms with Crippen LogP contribution in [0, 0.1) is 11.8 Å². The van der Waals surface area contributed by atoms with Crippen molar-refractivity contribution in [1.29, 1.82) is 0 Å². The van der Waals surface area contributed by atoms with Crippen molar-refractivity contribution >= 4 is 16.0 Å². The van der Waals surface area contributed by atoms with Crippen LogP contribution >= 0.6 is 0 Å². The van der Waals surface area contributed by atoms with Crippen molar-refractivity contribution in [1.82, 2.24) is 4.72 Å². The number of ether oxygens (including phenoxy) is 1. The van der Waals surface area contributed by atoms with Crippen molar-refractivity contribution in [3.63, 3.8) is 0 Å². The van der Waals surface area contributed by atoms with Crippen molar-refractivity contribution in [2.75, 3.05) is 12.9 Å². The number of esters is 1. The lowest BCUT2D eigenvalue weighted by atomic mass is 10.1. The molecule has 0 saturated carbocycles. The van der Waals surface area contributed by atoms with E-state index >= 15 is 0 Å². The van der Waals surface area contributed by atoms with E-state index < -0.39 is 22.0 Å². The number of carbonyl (C=O) groups is 1. The molecule has 0 fully saturated rings. The Morgan fingerprint density at radius 1 is 1.25 bits per heavy atom. The average Bonchev–Trinajstić information content (AvgIpc) is 2.10. The zero-order chi connectivity index (χ0) is 12.9. The van der Waals surface area contributed by atoms with Crippen molar-refractivity contribution in [2.24, 2.45) is 11.8 Å². The van der Waals surface area contributed by atoms with E-state index in [2.05, 4.69) is 9.46 Å². The molecule has 0 aliphatic heterocycles. The summed E-state index contributed by atoms with van der Waals surface area (Å²) in [5, 5.41) is 0. The molecular weight excluding hydrogens is 230 g/mol. The molecule has 0 heterocycles. The summed E-state index contributed by atoms with van der Waals surface area (Å²) in [4.78, 5) is 11.4. The molecule has 96 valence electrons. The van der Waals surface area contributed by atoms with Crippen LogP contribution in [0.2, 0.25) is 0 Å². The molecule has 0 radical (unpaired) electrons. The van der Waals surface area contributed by atoms with Gasteiger partial charge >= 0.3 is 5.97 Å². The van der Waals surface area contributed by atoms with Crippen molar-refractivity contribution in [3.8, 4) is 0 Å². The molecule has 1 N–H and O–H groups in total. The Kier molecular flexibility index (Phi) is 5.96. The van der Waals surface area contributed by atoms with Gasteiger partial charge in [-0.1, -0.05) is 27.7 Å². The normalized spacial score (nSPS) is 14.2. The van der Waals surface area contributed by atoms with E-state index in [1.807, 2.05) is 13.8 Å². The molecule has 1 unspecified atom stereocenters. The lowest BCUT2D eigenvalue weighted by Crippen LogP contribution is -2.46. The molecule has 6 heteroatoms. The molecule has 0 amide bonds. The maximum absolute atomic E-state index is 11.7. The van der Waals surface area contributed by atoms with Gasteiger partial charge in [-0.2, -0.15) is 0 Å². The predicted molar refractivity (Wildman–Crippen MR) is 62.4 cm³/mol. The van der Waals surface area contributed by atoms with E-state index in [0.717, 1.165) is 0 Å². The number of rotatable bonds is 6. The zero-order valence-electron chi connectivity index (χ0n) is 10.5. The van der Waals surface area contributed by atoms with E-state index in [1.54, 1.807) is 13.8 Å². The van der Waals surface area contributed by atoms with E-state index in [1.165, 1.54) is 7.11 Å².